The molecule has 1 aliphatic heterocycles. The van der Waals surface area contributed by atoms with Crippen molar-refractivity contribution in [3.8, 4) is 5.75 Å². The van der Waals surface area contributed by atoms with E-state index in [0.717, 1.165) is 28.9 Å². The zero-order chi connectivity index (χ0) is 26.3. The highest BCUT2D eigenvalue weighted by Crippen LogP contribution is 2.38. The van der Waals surface area contributed by atoms with E-state index in [1.165, 1.54) is 14.6 Å². The van der Waals surface area contributed by atoms with Crippen LogP contribution in [0.15, 0.2) is 71.5 Å². The van der Waals surface area contributed by atoms with Gasteiger partial charge in [0.2, 0.25) is 15.9 Å². The van der Waals surface area contributed by atoms with Crippen LogP contribution in [0.4, 0.5) is 0 Å². The molecule has 0 N–H and O–H groups in total. The van der Waals surface area contributed by atoms with Crippen LogP contribution in [0.3, 0.4) is 0 Å². The number of benzene rings is 2. The van der Waals surface area contributed by atoms with Crippen LogP contribution in [0.5, 0.6) is 5.75 Å². The van der Waals surface area contributed by atoms with Crippen molar-refractivity contribution in [2.45, 2.75) is 18.9 Å². The quantitative estimate of drug-likeness (QED) is 0.333. The summed E-state index contributed by atoms with van der Waals surface area (Å²) in [5.74, 6) is 0.510. The van der Waals surface area contributed by atoms with Gasteiger partial charge in [0.15, 0.2) is 0 Å². The fourth-order valence-corrected chi connectivity index (χ4v) is 6.55. The van der Waals surface area contributed by atoms with Gasteiger partial charge in [-0.3, -0.25) is 4.79 Å². The van der Waals surface area contributed by atoms with E-state index in [-0.39, 0.29) is 25.0 Å². The third kappa shape index (κ3) is 6.67. The Morgan fingerprint density at radius 2 is 1.86 bits per heavy atom. The van der Waals surface area contributed by atoms with Gasteiger partial charge in [-0.15, -0.1) is 11.3 Å². The Bertz CT molecular complexity index is 1300. The Hall–Kier alpha value is -2.98. The number of fused-ring (bicyclic) bond motifs is 1. The second kappa shape index (κ2) is 12.5. The monoisotopic (exact) mass is 540 g/mol. The second-order valence-electron chi connectivity index (χ2n) is 8.75. The highest BCUT2D eigenvalue weighted by molar-refractivity contribution is 7.92. The maximum atomic E-state index is 13.7. The van der Waals surface area contributed by atoms with Crippen molar-refractivity contribution in [1.29, 1.82) is 0 Å². The molecular formula is C28H32N2O5S2. The van der Waals surface area contributed by atoms with E-state index in [9.17, 15) is 13.2 Å². The molecule has 1 unspecified atom stereocenters. The van der Waals surface area contributed by atoms with Crippen LogP contribution in [0.1, 0.15) is 34.0 Å². The molecule has 1 atom stereocenters. The van der Waals surface area contributed by atoms with Gasteiger partial charge in [-0.1, -0.05) is 42.5 Å². The molecule has 196 valence electrons. The predicted octanol–water partition coefficient (Wildman–Crippen LogP) is 4.57. The van der Waals surface area contributed by atoms with Crippen LogP contribution in [-0.4, -0.2) is 64.0 Å². The molecule has 1 aromatic heterocycles. The Labute approximate surface area is 223 Å². The number of sulfonamides is 1. The van der Waals surface area contributed by atoms with Gasteiger partial charge in [0.25, 0.3) is 0 Å². The number of carbonyl (C=O) groups is 1. The molecule has 2 aromatic carbocycles. The minimum Gasteiger partial charge on any atom is -0.497 e. The SMILES string of the molecule is COCCCN(CC(=O)N1CCc2sccc2C1c1ccc(OC)cc1)S(=O)(=O)C=Cc1ccccc1. The molecule has 0 radical (unpaired) electrons. The van der Waals surface area contributed by atoms with Gasteiger partial charge >= 0.3 is 0 Å². The summed E-state index contributed by atoms with van der Waals surface area (Å²) in [6.07, 6.45) is 2.79. The number of thiophene rings is 1. The largest absolute Gasteiger partial charge is 0.497 e. The molecule has 2 heterocycles. The fraction of sp³-hybridized carbons (Fsp3) is 0.321. The summed E-state index contributed by atoms with van der Waals surface area (Å²) >= 11 is 1.69. The summed E-state index contributed by atoms with van der Waals surface area (Å²) in [4.78, 5) is 16.8. The van der Waals surface area contributed by atoms with Crippen molar-refractivity contribution < 1.29 is 22.7 Å². The lowest BCUT2D eigenvalue weighted by molar-refractivity contribution is -0.133. The Morgan fingerprint density at radius 1 is 1.11 bits per heavy atom. The molecule has 0 saturated heterocycles. The van der Waals surface area contributed by atoms with Gasteiger partial charge in [-0.25, -0.2) is 8.42 Å². The number of ether oxygens (including phenoxy) is 2. The number of carbonyl (C=O) groups excluding carboxylic acids is 1. The molecule has 1 amide bonds. The second-order valence-corrected chi connectivity index (χ2v) is 11.6. The van der Waals surface area contributed by atoms with Crippen molar-refractivity contribution in [3.05, 3.63) is 93.0 Å². The molecule has 0 aliphatic carbocycles. The van der Waals surface area contributed by atoms with Gasteiger partial charge < -0.3 is 14.4 Å². The van der Waals surface area contributed by atoms with E-state index in [4.69, 9.17) is 9.47 Å². The average molecular weight is 541 g/mol. The maximum absolute atomic E-state index is 13.7. The van der Waals surface area contributed by atoms with Crippen LogP contribution < -0.4 is 4.74 Å². The third-order valence-corrected chi connectivity index (χ3v) is 8.89. The summed E-state index contributed by atoms with van der Waals surface area (Å²) in [5.41, 5.74) is 2.83. The van der Waals surface area contributed by atoms with Crippen LogP contribution in [0, 0.1) is 0 Å². The molecule has 0 saturated carbocycles. The maximum Gasteiger partial charge on any atom is 0.238 e. The van der Waals surface area contributed by atoms with Crippen molar-refractivity contribution in [2.24, 2.45) is 0 Å². The number of methoxy groups -OCH3 is 2. The van der Waals surface area contributed by atoms with E-state index in [0.29, 0.717) is 19.6 Å². The summed E-state index contributed by atoms with van der Waals surface area (Å²) in [6, 6.07) is 18.7. The summed E-state index contributed by atoms with van der Waals surface area (Å²) in [7, 11) is -0.648. The van der Waals surface area contributed by atoms with Gasteiger partial charge in [0.1, 0.15) is 5.75 Å². The van der Waals surface area contributed by atoms with Crippen LogP contribution >= 0.6 is 11.3 Å². The third-order valence-electron chi connectivity index (χ3n) is 6.38. The Kier molecular flexibility index (Phi) is 9.15. The summed E-state index contributed by atoms with van der Waals surface area (Å²) in [5, 5.41) is 3.22. The first-order valence-electron chi connectivity index (χ1n) is 12.1. The minimum atomic E-state index is -3.84. The zero-order valence-electron chi connectivity index (χ0n) is 21.1. The van der Waals surface area contributed by atoms with Crippen LogP contribution in [-0.2, 0) is 26.0 Å². The molecule has 0 bridgehead atoms. The smallest absolute Gasteiger partial charge is 0.238 e. The summed E-state index contributed by atoms with van der Waals surface area (Å²) < 4.78 is 38.3. The first-order valence-corrected chi connectivity index (χ1v) is 14.5. The lowest BCUT2D eigenvalue weighted by atomic mass is 9.93. The Balaban J connectivity index is 1.60. The standard InChI is InChI=1S/C28H32N2O5S2/c1-34-18-6-16-29(37(32,33)20-15-22-7-4-3-5-8-22)21-27(31)30-17-13-26-25(14-19-36-26)28(30)23-9-11-24(35-2)12-10-23/h3-5,7-12,14-15,19-20,28H,6,13,16-18,21H2,1-2H3. The van der Waals surface area contributed by atoms with Crippen molar-refractivity contribution in [1.82, 2.24) is 9.21 Å². The highest BCUT2D eigenvalue weighted by Gasteiger charge is 2.34. The van der Waals surface area contributed by atoms with Gasteiger partial charge in [-0.05, 0) is 59.2 Å². The fourth-order valence-electron chi connectivity index (χ4n) is 4.47. The summed E-state index contributed by atoms with van der Waals surface area (Å²) in [6.45, 7) is 0.872. The first kappa shape index (κ1) is 27.1. The minimum absolute atomic E-state index is 0.186. The molecule has 0 spiro atoms. The first-order chi connectivity index (χ1) is 17.9. The van der Waals surface area contributed by atoms with E-state index in [2.05, 4.69) is 6.07 Å². The van der Waals surface area contributed by atoms with Crippen molar-refractivity contribution in [3.63, 3.8) is 0 Å². The van der Waals surface area contributed by atoms with Gasteiger partial charge in [0, 0.05) is 37.1 Å². The lowest BCUT2D eigenvalue weighted by Crippen LogP contribution is -2.46. The van der Waals surface area contributed by atoms with E-state index >= 15 is 0 Å². The molecule has 0 fully saturated rings. The topological polar surface area (TPSA) is 76.2 Å². The number of hydrogen-bond acceptors (Lipinski definition) is 6. The molecule has 7 nitrogen and oxygen atoms in total. The van der Waals surface area contributed by atoms with Crippen molar-refractivity contribution in [2.75, 3.05) is 40.5 Å². The molecule has 4 rings (SSSR count). The lowest BCUT2D eigenvalue weighted by Gasteiger charge is -2.37. The van der Waals surface area contributed by atoms with E-state index in [1.807, 2.05) is 60.0 Å². The molecule has 37 heavy (non-hydrogen) atoms. The average Bonchev–Trinajstić information content (AvgIpc) is 3.40. The van der Waals surface area contributed by atoms with Crippen molar-refractivity contribution >= 4 is 33.3 Å². The van der Waals surface area contributed by atoms with Crippen LogP contribution in [0.2, 0.25) is 0 Å². The predicted molar refractivity (Wildman–Crippen MR) is 147 cm³/mol. The van der Waals surface area contributed by atoms with E-state index < -0.39 is 10.0 Å². The molecule has 1 aliphatic rings. The van der Waals surface area contributed by atoms with Gasteiger partial charge in [-0.2, -0.15) is 4.31 Å². The molecule has 3 aromatic rings. The zero-order valence-corrected chi connectivity index (χ0v) is 22.7. The number of nitrogens with zero attached hydrogens (tertiary/aromatic N) is 2. The Morgan fingerprint density at radius 3 is 2.57 bits per heavy atom. The highest BCUT2D eigenvalue weighted by atomic mass is 32.2. The molecule has 9 heteroatoms. The normalized spacial score (nSPS) is 15.8. The number of amides is 1. The number of rotatable bonds is 11. The molecular weight excluding hydrogens is 508 g/mol. The number of hydrogen-bond donors (Lipinski definition) is 0. The van der Waals surface area contributed by atoms with Crippen LogP contribution in [0.25, 0.3) is 6.08 Å². The van der Waals surface area contributed by atoms with E-state index in [1.54, 1.807) is 36.5 Å². The van der Waals surface area contributed by atoms with Gasteiger partial charge in [0.05, 0.1) is 19.7 Å².